The van der Waals surface area contributed by atoms with Gasteiger partial charge in [-0.05, 0) is 47.9 Å². The smallest absolute Gasteiger partial charge is 0.264 e. The van der Waals surface area contributed by atoms with Crippen LogP contribution in [0.4, 0.5) is 4.39 Å². The molecule has 1 aromatic rings. The van der Waals surface area contributed by atoms with Crippen LogP contribution in [0.2, 0.25) is 0 Å². The molecular weight excluding hydrogens is 324 g/mol. The summed E-state index contributed by atoms with van der Waals surface area (Å²) in [6.45, 7) is 1.33. The number of aryl methyl sites for hydroxylation is 1. The molecule has 1 saturated heterocycles. The SMILES string of the molecule is O=c1c(I)cc(F)cn1CC[C@@H]1CCCO1. The van der Waals surface area contributed by atoms with E-state index in [0.717, 1.165) is 25.9 Å². The maximum atomic E-state index is 13.1. The molecule has 2 heterocycles. The molecule has 0 amide bonds. The van der Waals surface area contributed by atoms with Crippen LogP contribution in [0, 0.1) is 9.39 Å². The third-order valence-electron chi connectivity index (χ3n) is 2.72. The highest BCUT2D eigenvalue weighted by molar-refractivity contribution is 14.1. The van der Waals surface area contributed by atoms with Crippen LogP contribution in [-0.4, -0.2) is 17.3 Å². The fraction of sp³-hybridized carbons (Fsp3) is 0.545. The number of ether oxygens (including phenoxy) is 1. The summed E-state index contributed by atoms with van der Waals surface area (Å²) in [4.78, 5) is 11.7. The lowest BCUT2D eigenvalue weighted by Crippen LogP contribution is -2.24. The Bertz CT molecular complexity index is 426. The van der Waals surface area contributed by atoms with Crippen LogP contribution in [0.5, 0.6) is 0 Å². The average Bonchev–Trinajstić information content (AvgIpc) is 2.74. The number of halogens is 2. The van der Waals surface area contributed by atoms with Crippen LogP contribution in [-0.2, 0) is 11.3 Å². The van der Waals surface area contributed by atoms with Crippen molar-refractivity contribution in [2.45, 2.75) is 31.9 Å². The van der Waals surface area contributed by atoms with Crippen molar-refractivity contribution in [1.82, 2.24) is 4.57 Å². The molecule has 1 fully saturated rings. The lowest BCUT2D eigenvalue weighted by molar-refractivity contribution is 0.1000. The Kier molecular flexibility index (Phi) is 3.96. The molecule has 88 valence electrons. The van der Waals surface area contributed by atoms with Crippen molar-refractivity contribution in [2.75, 3.05) is 6.61 Å². The highest BCUT2D eigenvalue weighted by Gasteiger charge is 2.15. The molecule has 0 unspecified atom stereocenters. The number of aromatic nitrogens is 1. The number of nitrogens with zero attached hydrogens (tertiary/aromatic N) is 1. The van der Waals surface area contributed by atoms with Crippen molar-refractivity contribution < 1.29 is 9.13 Å². The molecular formula is C11H13FINO2. The standard InChI is InChI=1S/C11H13FINO2/c12-8-6-10(13)11(15)14(7-8)4-3-9-2-1-5-16-9/h6-7,9H,1-5H2/t9-/m0/s1. The average molecular weight is 337 g/mol. The fourth-order valence-corrected chi connectivity index (χ4v) is 2.49. The van der Waals surface area contributed by atoms with E-state index >= 15 is 0 Å². The topological polar surface area (TPSA) is 31.2 Å². The second-order valence-electron chi connectivity index (χ2n) is 3.93. The van der Waals surface area contributed by atoms with Gasteiger partial charge in [0.1, 0.15) is 5.82 Å². The van der Waals surface area contributed by atoms with Crippen molar-refractivity contribution in [3.63, 3.8) is 0 Å². The Morgan fingerprint density at radius 2 is 2.44 bits per heavy atom. The summed E-state index contributed by atoms with van der Waals surface area (Å²) in [5.41, 5.74) is -0.125. The monoisotopic (exact) mass is 337 g/mol. The van der Waals surface area contributed by atoms with Crippen molar-refractivity contribution >= 4 is 22.6 Å². The first-order valence-corrected chi connectivity index (χ1v) is 6.42. The molecule has 0 spiro atoms. The van der Waals surface area contributed by atoms with Crippen molar-refractivity contribution in [1.29, 1.82) is 0 Å². The highest BCUT2D eigenvalue weighted by Crippen LogP contribution is 2.15. The Balaban J connectivity index is 2.05. The Labute approximate surface area is 107 Å². The summed E-state index contributed by atoms with van der Waals surface area (Å²) in [7, 11) is 0. The normalized spacial score (nSPS) is 20.2. The molecule has 1 aliphatic heterocycles. The summed E-state index contributed by atoms with van der Waals surface area (Å²) in [6, 6.07) is 1.26. The minimum absolute atomic E-state index is 0.125. The maximum absolute atomic E-state index is 13.1. The summed E-state index contributed by atoms with van der Waals surface area (Å²) in [6.07, 6.45) is 4.40. The first-order valence-electron chi connectivity index (χ1n) is 5.34. The third-order valence-corrected chi connectivity index (χ3v) is 3.50. The molecule has 0 N–H and O–H groups in total. The number of hydrogen-bond donors (Lipinski definition) is 0. The van der Waals surface area contributed by atoms with Crippen molar-refractivity contribution in [3.05, 3.63) is 32.0 Å². The van der Waals surface area contributed by atoms with Gasteiger partial charge in [0.2, 0.25) is 0 Å². The second kappa shape index (κ2) is 5.27. The molecule has 0 aliphatic carbocycles. The molecule has 0 radical (unpaired) electrons. The molecule has 1 atom stereocenters. The van der Waals surface area contributed by atoms with Gasteiger partial charge < -0.3 is 9.30 Å². The Morgan fingerprint density at radius 1 is 1.62 bits per heavy atom. The number of pyridine rings is 1. The molecule has 1 aliphatic rings. The lowest BCUT2D eigenvalue weighted by Gasteiger charge is -2.11. The van der Waals surface area contributed by atoms with Gasteiger partial charge in [0.15, 0.2) is 0 Å². The largest absolute Gasteiger partial charge is 0.378 e. The van der Waals surface area contributed by atoms with E-state index in [2.05, 4.69) is 0 Å². The molecule has 0 aromatic carbocycles. The van der Waals surface area contributed by atoms with Gasteiger partial charge in [-0.15, -0.1) is 0 Å². The quantitative estimate of drug-likeness (QED) is 0.792. The van der Waals surface area contributed by atoms with Crippen molar-refractivity contribution in [3.8, 4) is 0 Å². The first-order chi connectivity index (χ1) is 7.66. The van der Waals surface area contributed by atoms with Gasteiger partial charge in [0, 0.05) is 19.3 Å². The van der Waals surface area contributed by atoms with Gasteiger partial charge in [-0.2, -0.15) is 0 Å². The molecule has 16 heavy (non-hydrogen) atoms. The second-order valence-corrected chi connectivity index (χ2v) is 5.09. The van der Waals surface area contributed by atoms with E-state index in [1.807, 2.05) is 22.6 Å². The number of hydrogen-bond acceptors (Lipinski definition) is 2. The predicted octanol–water partition coefficient (Wildman–Crippen LogP) is 2.16. The van der Waals surface area contributed by atoms with Crippen LogP contribution in [0.15, 0.2) is 17.1 Å². The van der Waals surface area contributed by atoms with Gasteiger partial charge in [0.25, 0.3) is 5.56 Å². The van der Waals surface area contributed by atoms with Crippen LogP contribution in [0.25, 0.3) is 0 Å². The Hall–Kier alpha value is -0.430. The third kappa shape index (κ3) is 2.82. The van der Waals surface area contributed by atoms with E-state index in [1.54, 1.807) is 0 Å². The van der Waals surface area contributed by atoms with Gasteiger partial charge in [-0.25, -0.2) is 4.39 Å². The molecule has 5 heteroatoms. The van der Waals surface area contributed by atoms with Crippen LogP contribution >= 0.6 is 22.6 Å². The molecule has 0 saturated carbocycles. The van der Waals surface area contributed by atoms with E-state index in [0.29, 0.717) is 10.1 Å². The van der Waals surface area contributed by atoms with E-state index < -0.39 is 0 Å². The van der Waals surface area contributed by atoms with Crippen molar-refractivity contribution in [2.24, 2.45) is 0 Å². The predicted molar refractivity (Wildman–Crippen MR) is 67.0 cm³/mol. The summed E-state index contributed by atoms with van der Waals surface area (Å²) >= 11 is 1.86. The highest BCUT2D eigenvalue weighted by atomic mass is 127. The molecule has 0 bridgehead atoms. The molecule has 3 nitrogen and oxygen atoms in total. The molecule has 1 aromatic heterocycles. The molecule has 2 rings (SSSR count). The summed E-state index contributed by atoms with van der Waals surface area (Å²) in [5, 5.41) is 0. The number of rotatable bonds is 3. The van der Waals surface area contributed by atoms with Crippen LogP contribution in [0.1, 0.15) is 19.3 Å². The van der Waals surface area contributed by atoms with Gasteiger partial charge in [-0.1, -0.05) is 0 Å². The minimum Gasteiger partial charge on any atom is -0.378 e. The van der Waals surface area contributed by atoms with Gasteiger partial charge >= 0.3 is 0 Å². The van der Waals surface area contributed by atoms with E-state index in [9.17, 15) is 9.18 Å². The lowest BCUT2D eigenvalue weighted by atomic mass is 10.2. The Morgan fingerprint density at radius 3 is 3.12 bits per heavy atom. The zero-order valence-electron chi connectivity index (χ0n) is 8.79. The zero-order valence-corrected chi connectivity index (χ0v) is 10.9. The zero-order chi connectivity index (χ0) is 11.5. The van der Waals surface area contributed by atoms with Gasteiger partial charge in [0.05, 0.1) is 9.67 Å². The maximum Gasteiger partial charge on any atom is 0.264 e. The van der Waals surface area contributed by atoms with Gasteiger partial charge in [-0.3, -0.25) is 4.79 Å². The summed E-state index contributed by atoms with van der Waals surface area (Å²) in [5.74, 6) is -0.364. The summed E-state index contributed by atoms with van der Waals surface area (Å²) < 4.78 is 20.4. The van der Waals surface area contributed by atoms with E-state index in [-0.39, 0.29) is 17.5 Å². The van der Waals surface area contributed by atoms with Crippen LogP contribution in [0.3, 0.4) is 0 Å². The fourth-order valence-electron chi connectivity index (χ4n) is 1.89. The minimum atomic E-state index is -0.364. The first kappa shape index (κ1) is 12.0. The van der Waals surface area contributed by atoms with Crippen LogP contribution < -0.4 is 5.56 Å². The van der Waals surface area contributed by atoms with E-state index in [4.69, 9.17) is 4.74 Å². The van der Waals surface area contributed by atoms with E-state index in [1.165, 1.54) is 16.8 Å².